The van der Waals surface area contributed by atoms with Gasteiger partial charge >= 0.3 is 0 Å². The predicted octanol–water partition coefficient (Wildman–Crippen LogP) is 5.12. The van der Waals surface area contributed by atoms with Crippen LogP contribution in [0.2, 0.25) is 0 Å². The predicted molar refractivity (Wildman–Crippen MR) is 79.7 cm³/mol. The minimum atomic E-state index is 0.303. The van der Waals surface area contributed by atoms with Gasteiger partial charge in [-0.05, 0) is 25.5 Å². The summed E-state index contributed by atoms with van der Waals surface area (Å²) in [6, 6.07) is 6.26. The molecule has 1 heterocycles. The van der Waals surface area contributed by atoms with Gasteiger partial charge in [0.2, 0.25) is 0 Å². The highest BCUT2D eigenvalue weighted by Gasteiger charge is 2.14. The first-order valence-electron chi connectivity index (χ1n) is 5.35. The Bertz CT molecular complexity index is 525. The molecular weight excluding hydrogens is 364 g/mol. The summed E-state index contributed by atoms with van der Waals surface area (Å²) in [7, 11) is 0. The van der Waals surface area contributed by atoms with Crippen LogP contribution >= 0.6 is 43.2 Å². The van der Waals surface area contributed by atoms with Crippen molar-refractivity contribution in [3.05, 3.63) is 33.2 Å². The van der Waals surface area contributed by atoms with Crippen LogP contribution in [-0.4, -0.2) is 10.2 Å². The van der Waals surface area contributed by atoms with E-state index in [1.807, 2.05) is 0 Å². The van der Waals surface area contributed by atoms with E-state index in [1.54, 1.807) is 11.3 Å². The minimum absolute atomic E-state index is 0.303. The molecule has 0 saturated heterocycles. The van der Waals surface area contributed by atoms with Gasteiger partial charge in [-0.15, -0.1) is 10.2 Å². The van der Waals surface area contributed by atoms with Crippen molar-refractivity contribution >= 4 is 43.2 Å². The first-order chi connectivity index (χ1) is 8.11. The molecule has 0 amide bonds. The van der Waals surface area contributed by atoms with Gasteiger partial charge in [0.15, 0.2) is 0 Å². The average Bonchev–Trinajstić information content (AvgIpc) is 2.80. The second kappa shape index (κ2) is 5.59. The highest BCUT2D eigenvalue weighted by molar-refractivity contribution is 9.10. The maximum absolute atomic E-state index is 4.27. The summed E-state index contributed by atoms with van der Waals surface area (Å²) in [6.07, 6.45) is 1.02. The number of halogens is 2. The molecule has 0 radical (unpaired) electrons. The van der Waals surface area contributed by atoms with Crippen LogP contribution in [0.1, 0.15) is 28.7 Å². The molecule has 0 saturated carbocycles. The van der Waals surface area contributed by atoms with Crippen molar-refractivity contribution in [3.8, 4) is 10.6 Å². The fraction of sp³-hybridized carbons (Fsp3) is 0.333. The molecule has 2 nitrogen and oxygen atoms in total. The standard InChI is InChI=1S/C12H12Br2N2S/c1-3-9(13)12-16-15-11(17-12)8-6-7(2)4-5-10(8)14/h4-6,9H,3H2,1-2H3. The highest BCUT2D eigenvalue weighted by atomic mass is 79.9. The fourth-order valence-corrected chi connectivity index (χ4v) is 3.32. The lowest BCUT2D eigenvalue weighted by atomic mass is 10.1. The number of aromatic nitrogens is 2. The van der Waals surface area contributed by atoms with E-state index >= 15 is 0 Å². The van der Waals surface area contributed by atoms with Gasteiger partial charge < -0.3 is 0 Å². The van der Waals surface area contributed by atoms with E-state index < -0.39 is 0 Å². The van der Waals surface area contributed by atoms with Crippen LogP contribution in [0.3, 0.4) is 0 Å². The molecule has 1 atom stereocenters. The summed E-state index contributed by atoms with van der Waals surface area (Å²) in [5.74, 6) is 0. The van der Waals surface area contributed by atoms with Crippen LogP contribution in [0.4, 0.5) is 0 Å². The van der Waals surface area contributed by atoms with Crippen LogP contribution in [0, 0.1) is 6.92 Å². The number of aryl methyl sites for hydroxylation is 1. The number of hydrogen-bond donors (Lipinski definition) is 0. The van der Waals surface area contributed by atoms with E-state index in [9.17, 15) is 0 Å². The van der Waals surface area contributed by atoms with Crippen molar-refractivity contribution in [1.29, 1.82) is 0 Å². The van der Waals surface area contributed by atoms with Gasteiger partial charge in [-0.25, -0.2) is 0 Å². The normalized spacial score (nSPS) is 12.7. The Hall–Kier alpha value is -0.260. The van der Waals surface area contributed by atoms with Gasteiger partial charge in [0.25, 0.3) is 0 Å². The molecule has 0 aliphatic carbocycles. The zero-order valence-electron chi connectivity index (χ0n) is 9.58. The van der Waals surface area contributed by atoms with Gasteiger partial charge in [-0.1, -0.05) is 61.8 Å². The largest absolute Gasteiger partial charge is 0.148 e. The van der Waals surface area contributed by atoms with Crippen LogP contribution in [-0.2, 0) is 0 Å². The lowest BCUT2D eigenvalue weighted by molar-refractivity contribution is 0.870. The Labute approximate surface area is 122 Å². The van der Waals surface area contributed by atoms with Crippen LogP contribution in [0.15, 0.2) is 22.7 Å². The Morgan fingerprint density at radius 2 is 2.12 bits per heavy atom. The van der Waals surface area contributed by atoms with Gasteiger partial charge in [0.1, 0.15) is 10.0 Å². The highest BCUT2D eigenvalue weighted by Crippen LogP contribution is 2.35. The second-order valence-electron chi connectivity index (χ2n) is 3.80. The van der Waals surface area contributed by atoms with E-state index in [0.29, 0.717) is 4.83 Å². The SMILES string of the molecule is CCC(Br)c1nnc(-c2cc(C)ccc2Br)s1. The van der Waals surface area contributed by atoms with Crippen molar-refractivity contribution < 1.29 is 0 Å². The third-order valence-electron chi connectivity index (χ3n) is 2.42. The van der Waals surface area contributed by atoms with Crippen molar-refractivity contribution in [1.82, 2.24) is 10.2 Å². The third kappa shape index (κ3) is 2.95. The topological polar surface area (TPSA) is 25.8 Å². The summed E-state index contributed by atoms with van der Waals surface area (Å²) >= 11 is 8.80. The molecule has 0 aliphatic heterocycles. The molecule has 2 aromatic rings. The quantitative estimate of drug-likeness (QED) is 0.695. The molecule has 0 N–H and O–H groups in total. The van der Waals surface area contributed by atoms with Crippen LogP contribution in [0.25, 0.3) is 10.6 Å². The Morgan fingerprint density at radius 1 is 1.35 bits per heavy atom. The zero-order valence-corrected chi connectivity index (χ0v) is 13.6. The van der Waals surface area contributed by atoms with Crippen molar-refractivity contribution in [2.24, 2.45) is 0 Å². The minimum Gasteiger partial charge on any atom is -0.142 e. The second-order valence-corrected chi connectivity index (χ2v) is 6.77. The lowest BCUT2D eigenvalue weighted by Gasteiger charge is -2.01. The molecule has 0 fully saturated rings. The van der Waals surface area contributed by atoms with E-state index in [4.69, 9.17) is 0 Å². The summed E-state index contributed by atoms with van der Waals surface area (Å²) in [4.78, 5) is 0.303. The maximum Gasteiger partial charge on any atom is 0.148 e. The van der Waals surface area contributed by atoms with E-state index in [0.717, 1.165) is 26.5 Å². The Morgan fingerprint density at radius 3 is 2.82 bits per heavy atom. The summed E-state index contributed by atoms with van der Waals surface area (Å²) in [5, 5.41) is 10.5. The lowest BCUT2D eigenvalue weighted by Crippen LogP contribution is -1.85. The summed E-state index contributed by atoms with van der Waals surface area (Å²) < 4.78 is 1.06. The number of benzene rings is 1. The average molecular weight is 376 g/mol. The first kappa shape index (κ1) is 13.2. The molecule has 2 rings (SSSR count). The van der Waals surface area contributed by atoms with Crippen molar-refractivity contribution in [2.45, 2.75) is 25.1 Å². The molecule has 5 heteroatoms. The van der Waals surface area contributed by atoms with Gasteiger partial charge in [-0.3, -0.25) is 0 Å². The van der Waals surface area contributed by atoms with Gasteiger partial charge in [0, 0.05) is 10.0 Å². The molecule has 0 bridgehead atoms. The fourth-order valence-electron chi connectivity index (χ4n) is 1.45. The molecule has 1 aromatic heterocycles. The number of alkyl halides is 1. The zero-order chi connectivity index (χ0) is 12.4. The van der Waals surface area contributed by atoms with Crippen LogP contribution in [0.5, 0.6) is 0 Å². The number of hydrogen-bond acceptors (Lipinski definition) is 3. The van der Waals surface area contributed by atoms with Gasteiger partial charge in [0.05, 0.1) is 4.83 Å². The Kier molecular flexibility index (Phi) is 4.33. The third-order valence-corrected chi connectivity index (χ3v) is 5.57. The number of rotatable bonds is 3. The first-order valence-corrected chi connectivity index (χ1v) is 7.88. The smallest absolute Gasteiger partial charge is 0.142 e. The van der Waals surface area contributed by atoms with Crippen molar-refractivity contribution in [3.63, 3.8) is 0 Å². The van der Waals surface area contributed by atoms with Crippen LogP contribution < -0.4 is 0 Å². The van der Waals surface area contributed by atoms with E-state index in [1.165, 1.54) is 5.56 Å². The summed E-state index contributed by atoms with van der Waals surface area (Å²) in [6.45, 7) is 4.21. The maximum atomic E-state index is 4.27. The van der Waals surface area contributed by atoms with Gasteiger partial charge in [-0.2, -0.15) is 0 Å². The molecular formula is C12H12Br2N2S. The van der Waals surface area contributed by atoms with Crippen molar-refractivity contribution in [2.75, 3.05) is 0 Å². The van der Waals surface area contributed by atoms with E-state index in [-0.39, 0.29) is 0 Å². The molecule has 1 unspecified atom stereocenters. The monoisotopic (exact) mass is 374 g/mol. The molecule has 0 aliphatic rings. The molecule has 1 aromatic carbocycles. The molecule has 17 heavy (non-hydrogen) atoms. The molecule has 90 valence electrons. The Balaban J connectivity index is 2.40. The number of nitrogens with zero attached hydrogens (tertiary/aromatic N) is 2. The summed E-state index contributed by atoms with van der Waals surface area (Å²) in [5.41, 5.74) is 2.34. The van der Waals surface area contributed by atoms with E-state index in [2.05, 4.69) is 74.1 Å². The molecule has 0 spiro atoms.